The van der Waals surface area contributed by atoms with Crippen molar-refractivity contribution in [2.45, 2.75) is 25.7 Å². The van der Waals surface area contributed by atoms with Gasteiger partial charge in [-0.1, -0.05) is 6.92 Å². The van der Waals surface area contributed by atoms with Crippen LogP contribution in [0.3, 0.4) is 0 Å². The monoisotopic (exact) mass is 389 g/mol. The lowest BCUT2D eigenvalue weighted by Crippen LogP contribution is -2.43. The molecule has 3 aromatic rings. The van der Waals surface area contributed by atoms with E-state index in [4.69, 9.17) is 0 Å². The van der Waals surface area contributed by atoms with Crippen molar-refractivity contribution in [3.05, 3.63) is 41.6 Å². The second-order valence-corrected chi connectivity index (χ2v) is 6.78. The van der Waals surface area contributed by atoms with E-state index >= 15 is 0 Å². The average molecular weight is 389 g/mol. The maximum absolute atomic E-state index is 13.3. The van der Waals surface area contributed by atoms with E-state index in [1.165, 1.54) is 29.0 Å². The first-order valence-corrected chi connectivity index (χ1v) is 8.74. The Hall–Kier alpha value is -3.24. The van der Waals surface area contributed by atoms with E-state index in [0.29, 0.717) is 25.2 Å². The molecule has 1 amide bonds. The summed E-state index contributed by atoms with van der Waals surface area (Å²) in [5.74, 6) is -0.593. The number of alkyl halides is 2. The molecule has 2 atom stereocenters. The second-order valence-electron chi connectivity index (χ2n) is 6.78. The van der Waals surface area contributed by atoms with Crippen molar-refractivity contribution in [3.8, 4) is 5.88 Å². The Morgan fingerprint density at radius 1 is 1.32 bits per heavy atom. The summed E-state index contributed by atoms with van der Waals surface area (Å²) in [5, 5.41) is 20.6. The van der Waals surface area contributed by atoms with Gasteiger partial charge in [0.2, 0.25) is 5.88 Å². The number of nitrogens with zero attached hydrogens (tertiary/aromatic N) is 7. The Balaban J connectivity index is 1.67. The average Bonchev–Trinajstić information content (AvgIpc) is 3.16. The molecule has 1 N–H and O–H groups in total. The van der Waals surface area contributed by atoms with Crippen LogP contribution in [-0.2, 0) is 0 Å². The smallest absolute Gasteiger partial charge is 0.280 e. The van der Waals surface area contributed by atoms with E-state index in [1.807, 2.05) is 6.92 Å². The van der Waals surface area contributed by atoms with E-state index in [0.717, 1.165) is 0 Å². The summed E-state index contributed by atoms with van der Waals surface area (Å²) in [7, 11) is 0. The lowest BCUT2D eigenvalue weighted by Gasteiger charge is -2.37. The molecule has 0 radical (unpaired) electrons. The van der Waals surface area contributed by atoms with Gasteiger partial charge < -0.3 is 10.0 Å². The van der Waals surface area contributed by atoms with Gasteiger partial charge >= 0.3 is 0 Å². The fraction of sp³-hybridized carbons (Fsp3) is 0.412. The molecule has 3 aromatic heterocycles. The van der Waals surface area contributed by atoms with Crippen LogP contribution in [-0.4, -0.2) is 58.8 Å². The SMILES string of the molecule is C[C@@H]1CCN(C(=O)c2ccc(O)nn2)C[C@H]1c1cc(C(F)F)nc2ncnn12. The molecular formula is C17H17F2N7O2. The maximum Gasteiger partial charge on any atom is 0.280 e. The first-order valence-electron chi connectivity index (χ1n) is 8.74. The molecule has 1 saturated heterocycles. The topological polar surface area (TPSA) is 109 Å². The molecule has 0 aliphatic carbocycles. The Kier molecular flexibility index (Phi) is 4.57. The van der Waals surface area contributed by atoms with Gasteiger partial charge in [-0.3, -0.25) is 4.79 Å². The third-order valence-corrected chi connectivity index (χ3v) is 5.02. The summed E-state index contributed by atoms with van der Waals surface area (Å²) in [6.07, 6.45) is -0.780. The first kappa shape index (κ1) is 18.1. The molecule has 0 spiro atoms. The van der Waals surface area contributed by atoms with Gasteiger partial charge in [0.15, 0.2) is 5.69 Å². The number of piperidine rings is 1. The fourth-order valence-electron chi connectivity index (χ4n) is 3.47. The zero-order valence-electron chi connectivity index (χ0n) is 14.9. The first-order chi connectivity index (χ1) is 13.4. The van der Waals surface area contributed by atoms with Gasteiger partial charge in [0.1, 0.15) is 12.0 Å². The predicted octanol–water partition coefficient (Wildman–Crippen LogP) is 1.82. The Bertz CT molecular complexity index is 1010. The van der Waals surface area contributed by atoms with Crippen LogP contribution in [0.1, 0.15) is 47.6 Å². The minimum Gasteiger partial charge on any atom is -0.492 e. The van der Waals surface area contributed by atoms with Gasteiger partial charge in [-0.05, 0) is 24.5 Å². The van der Waals surface area contributed by atoms with Gasteiger partial charge in [-0.2, -0.15) is 10.1 Å². The standard InChI is InChI=1S/C17H17F2N7O2/c1-9-4-5-25(16(28)11-2-3-14(27)24-23-11)7-10(9)13-6-12(15(18)19)22-17-20-8-21-26(13)17/h2-3,6,8-10,15H,4-5,7H2,1H3,(H,24,27)/t9-,10-/m1/s1. The highest BCUT2D eigenvalue weighted by Crippen LogP contribution is 2.34. The van der Waals surface area contributed by atoms with Crippen LogP contribution in [0.5, 0.6) is 5.88 Å². The number of hydrogen-bond donors (Lipinski definition) is 1. The molecule has 1 fully saturated rings. The van der Waals surface area contributed by atoms with Crippen molar-refractivity contribution in [1.82, 2.24) is 34.7 Å². The molecule has 11 heteroatoms. The highest BCUT2D eigenvalue weighted by Gasteiger charge is 2.33. The molecule has 0 aromatic carbocycles. The highest BCUT2D eigenvalue weighted by molar-refractivity contribution is 5.92. The Morgan fingerprint density at radius 2 is 2.14 bits per heavy atom. The quantitative estimate of drug-likeness (QED) is 0.728. The predicted molar refractivity (Wildman–Crippen MR) is 91.9 cm³/mol. The van der Waals surface area contributed by atoms with Crippen LogP contribution >= 0.6 is 0 Å². The lowest BCUT2D eigenvalue weighted by atomic mass is 9.84. The number of rotatable bonds is 3. The Labute approximate surface area is 158 Å². The van der Waals surface area contributed by atoms with Gasteiger partial charge in [-0.25, -0.2) is 18.3 Å². The van der Waals surface area contributed by atoms with Crippen LogP contribution in [0.2, 0.25) is 0 Å². The molecule has 28 heavy (non-hydrogen) atoms. The third-order valence-electron chi connectivity index (χ3n) is 5.02. The number of carbonyl (C=O) groups excluding carboxylic acids is 1. The molecule has 1 aliphatic heterocycles. The van der Waals surface area contributed by atoms with Crippen LogP contribution in [0.4, 0.5) is 8.78 Å². The summed E-state index contributed by atoms with van der Waals surface area (Å²) in [6, 6.07) is 4.03. The van der Waals surface area contributed by atoms with Crippen LogP contribution < -0.4 is 0 Å². The number of hydrogen-bond acceptors (Lipinski definition) is 7. The van der Waals surface area contributed by atoms with Gasteiger partial charge in [0.25, 0.3) is 18.1 Å². The van der Waals surface area contributed by atoms with Crippen LogP contribution in [0.25, 0.3) is 5.78 Å². The van der Waals surface area contributed by atoms with Crippen molar-refractivity contribution in [2.75, 3.05) is 13.1 Å². The van der Waals surface area contributed by atoms with Crippen molar-refractivity contribution in [1.29, 1.82) is 0 Å². The molecule has 1 aliphatic rings. The molecular weight excluding hydrogens is 372 g/mol. The Morgan fingerprint density at radius 3 is 2.86 bits per heavy atom. The summed E-state index contributed by atoms with van der Waals surface area (Å²) in [6.45, 7) is 2.83. The number of aromatic nitrogens is 6. The van der Waals surface area contributed by atoms with Crippen LogP contribution in [0, 0.1) is 5.92 Å². The van der Waals surface area contributed by atoms with Gasteiger partial charge in [-0.15, -0.1) is 10.2 Å². The largest absolute Gasteiger partial charge is 0.492 e. The molecule has 9 nitrogen and oxygen atoms in total. The number of carbonyl (C=O) groups is 1. The number of likely N-dealkylation sites (tertiary alicyclic amines) is 1. The summed E-state index contributed by atoms with van der Waals surface area (Å²) < 4.78 is 28.0. The van der Waals surface area contributed by atoms with Crippen molar-refractivity contribution in [3.63, 3.8) is 0 Å². The minimum absolute atomic E-state index is 0.104. The molecule has 4 rings (SSSR count). The van der Waals surface area contributed by atoms with E-state index in [9.17, 15) is 18.7 Å². The lowest BCUT2D eigenvalue weighted by molar-refractivity contribution is 0.0658. The minimum atomic E-state index is -2.73. The summed E-state index contributed by atoms with van der Waals surface area (Å²) >= 11 is 0. The molecule has 146 valence electrons. The van der Waals surface area contributed by atoms with Crippen molar-refractivity contribution in [2.24, 2.45) is 5.92 Å². The van der Waals surface area contributed by atoms with E-state index in [-0.39, 0.29) is 40.8 Å². The van der Waals surface area contributed by atoms with E-state index in [2.05, 4.69) is 25.3 Å². The summed E-state index contributed by atoms with van der Waals surface area (Å²) in [4.78, 5) is 22.1. The van der Waals surface area contributed by atoms with E-state index < -0.39 is 6.43 Å². The number of aromatic hydroxyl groups is 1. The number of halogens is 2. The molecule has 0 unspecified atom stereocenters. The third kappa shape index (κ3) is 3.23. The molecule has 0 saturated carbocycles. The molecule has 0 bridgehead atoms. The zero-order chi connectivity index (χ0) is 19.8. The van der Waals surface area contributed by atoms with Crippen molar-refractivity contribution < 1.29 is 18.7 Å². The van der Waals surface area contributed by atoms with Crippen LogP contribution in [0.15, 0.2) is 24.5 Å². The van der Waals surface area contributed by atoms with Crippen molar-refractivity contribution >= 4 is 11.7 Å². The highest BCUT2D eigenvalue weighted by atomic mass is 19.3. The van der Waals surface area contributed by atoms with Gasteiger partial charge in [0, 0.05) is 25.1 Å². The normalized spacial score (nSPS) is 20.1. The zero-order valence-corrected chi connectivity index (χ0v) is 14.9. The number of amides is 1. The number of fused-ring (bicyclic) bond motifs is 1. The van der Waals surface area contributed by atoms with E-state index in [1.54, 1.807) is 4.90 Å². The second kappa shape index (κ2) is 7.06. The van der Waals surface area contributed by atoms with Gasteiger partial charge in [0.05, 0.1) is 5.69 Å². The molecule has 4 heterocycles. The summed E-state index contributed by atoms with van der Waals surface area (Å²) in [5.41, 5.74) is 0.287. The fourth-order valence-corrected chi connectivity index (χ4v) is 3.47. The maximum atomic E-state index is 13.3.